The van der Waals surface area contributed by atoms with E-state index in [9.17, 15) is 9.59 Å². The summed E-state index contributed by atoms with van der Waals surface area (Å²) in [4.78, 5) is 29.3. The van der Waals surface area contributed by atoms with Gasteiger partial charge < -0.3 is 9.73 Å². The van der Waals surface area contributed by atoms with Crippen molar-refractivity contribution in [3.8, 4) is 10.6 Å². The van der Waals surface area contributed by atoms with Crippen molar-refractivity contribution in [1.82, 2.24) is 10.3 Å². The molecule has 0 fully saturated rings. The van der Waals surface area contributed by atoms with Crippen molar-refractivity contribution in [3.63, 3.8) is 0 Å². The maximum atomic E-state index is 11.9. The van der Waals surface area contributed by atoms with Gasteiger partial charge in [0.25, 0.3) is 0 Å². The quantitative estimate of drug-likeness (QED) is 0.645. The molecule has 0 aromatic carbocycles. The fraction of sp³-hybridized carbons (Fsp3) is 0.118. The highest BCUT2D eigenvalue weighted by molar-refractivity contribution is 7.17. The van der Waals surface area contributed by atoms with E-state index in [1.54, 1.807) is 35.8 Å². The van der Waals surface area contributed by atoms with Gasteiger partial charge in [-0.15, -0.1) is 22.7 Å². The smallest absolute Gasteiger partial charge is 0.250 e. The summed E-state index contributed by atoms with van der Waals surface area (Å²) in [7, 11) is 0. The number of thiophene rings is 1. The van der Waals surface area contributed by atoms with E-state index >= 15 is 0 Å². The number of nitrogens with zero attached hydrogens (tertiary/aromatic N) is 1. The molecule has 0 radical (unpaired) electrons. The monoisotopic (exact) mass is 373 g/mol. The summed E-state index contributed by atoms with van der Waals surface area (Å²) >= 11 is 2.92. The molecule has 0 aliphatic heterocycles. The van der Waals surface area contributed by atoms with Crippen LogP contribution in [0.25, 0.3) is 16.6 Å². The Morgan fingerprint density at radius 2 is 2.20 bits per heavy atom. The average Bonchev–Trinajstić information content (AvgIpc) is 3.32. The Bertz CT molecular complexity index is 894. The van der Waals surface area contributed by atoms with Crippen LogP contribution in [-0.2, 0) is 16.1 Å². The van der Waals surface area contributed by atoms with Crippen LogP contribution in [0.15, 0.2) is 46.4 Å². The van der Waals surface area contributed by atoms with Gasteiger partial charge in [-0.1, -0.05) is 0 Å². The van der Waals surface area contributed by atoms with E-state index < -0.39 is 0 Å². The molecule has 25 heavy (non-hydrogen) atoms. The Hall–Kier alpha value is -2.71. The zero-order chi connectivity index (χ0) is 17.6. The van der Waals surface area contributed by atoms with Gasteiger partial charge in [0.2, 0.25) is 11.8 Å². The number of anilines is 1. The molecule has 0 saturated carbocycles. The van der Waals surface area contributed by atoms with Crippen LogP contribution in [0, 0.1) is 0 Å². The van der Waals surface area contributed by atoms with Crippen LogP contribution in [0.3, 0.4) is 0 Å². The van der Waals surface area contributed by atoms with E-state index in [-0.39, 0.29) is 11.8 Å². The second-order valence-corrected chi connectivity index (χ2v) is 7.08. The standard InChI is InChI=1S/C17H15N3O3S2/c1-11(21)18-9-13-5-6-15(25-13)14-10-24-17(19-14)20-16(22)7-4-12-3-2-8-23-12/h2-8,10H,9H2,1H3,(H,18,21)(H,19,20,22)/b7-4+. The third kappa shape index (κ3) is 4.88. The first-order valence-corrected chi connectivity index (χ1v) is 9.11. The number of furan rings is 1. The first kappa shape index (κ1) is 17.1. The number of carbonyl (C=O) groups excluding carboxylic acids is 2. The Morgan fingerprint density at radius 3 is 2.96 bits per heavy atom. The zero-order valence-electron chi connectivity index (χ0n) is 13.3. The van der Waals surface area contributed by atoms with Gasteiger partial charge in [0.05, 0.1) is 23.4 Å². The molecule has 0 aliphatic carbocycles. The summed E-state index contributed by atoms with van der Waals surface area (Å²) < 4.78 is 5.13. The normalized spacial score (nSPS) is 10.9. The van der Waals surface area contributed by atoms with Crippen LogP contribution in [0.4, 0.5) is 5.13 Å². The summed E-state index contributed by atoms with van der Waals surface area (Å²) in [5.41, 5.74) is 0.800. The molecule has 3 heterocycles. The Kier molecular flexibility index (Phi) is 5.42. The Morgan fingerprint density at radius 1 is 1.32 bits per heavy atom. The van der Waals surface area contributed by atoms with Gasteiger partial charge >= 0.3 is 0 Å². The molecule has 3 aromatic rings. The predicted octanol–water partition coefficient (Wildman–Crippen LogP) is 3.75. The molecule has 3 aromatic heterocycles. The minimum absolute atomic E-state index is 0.0591. The van der Waals surface area contributed by atoms with Gasteiger partial charge in [0.1, 0.15) is 5.76 Å². The van der Waals surface area contributed by atoms with Crippen LogP contribution < -0.4 is 10.6 Å². The average molecular weight is 373 g/mol. The molecule has 6 nitrogen and oxygen atoms in total. The number of rotatable bonds is 6. The van der Waals surface area contributed by atoms with E-state index in [1.165, 1.54) is 24.3 Å². The van der Waals surface area contributed by atoms with Crippen LogP contribution in [0.5, 0.6) is 0 Å². The van der Waals surface area contributed by atoms with Gasteiger partial charge in [-0.2, -0.15) is 0 Å². The maximum Gasteiger partial charge on any atom is 0.250 e. The van der Waals surface area contributed by atoms with Crippen molar-refractivity contribution in [2.45, 2.75) is 13.5 Å². The summed E-state index contributed by atoms with van der Waals surface area (Å²) in [6.07, 6.45) is 4.54. The highest BCUT2D eigenvalue weighted by Crippen LogP contribution is 2.30. The van der Waals surface area contributed by atoms with E-state index in [0.717, 1.165) is 15.4 Å². The minimum Gasteiger partial charge on any atom is -0.465 e. The Balaban J connectivity index is 1.60. The van der Waals surface area contributed by atoms with Crippen molar-refractivity contribution in [2.75, 3.05) is 5.32 Å². The fourth-order valence-electron chi connectivity index (χ4n) is 1.96. The van der Waals surface area contributed by atoms with E-state index in [2.05, 4.69) is 15.6 Å². The molecule has 0 atom stereocenters. The van der Waals surface area contributed by atoms with Gasteiger partial charge in [0, 0.05) is 23.3 Å². The molecule has 0 spiro atoms. The number of carbonyl (C=O) groups is 2. The first-order chi connectivity index (χ1) is 12.1. The first-order valence-electron chi connectivity index (χ1n) is 7.42. The number of aromatic nitrogens is 1. The fourth-order valence-corrected chi connectivity index (χ4v) is 3.65. The van der Waals surface area contributed by atoms with Gasteiger partial charge in [-0.25, -0.2) is 4.98 Å². The highest BCUT2D eigenvalue weighted by atomic mass is 32.1. The van der Waals surface area contributed by atoms with Crippen molar-refractivity contribution < 1.29 is 14.0 Å². The van der Waals surface area contributed by atoms with Gasteiger partial charge in [-0.05, 0) is 30.3 Å². The SMILES string of the molecule is CC(=O)NCc1ccc(-c2csc(NC(=O)/C=C/c3ccco3)n2)s1. The second-order valence-electron chi connectivity index (χ2n) is 5.05. The number of amides is 2. The molecule has 0 saturated heterocycles. The summed E-state index contributed by atoms with van der Waals surface area (Å²) in [6, 6.07) is 7.44. The lowest BCUT2D eigenvalue weighted by Crippen LogP contribution is -2.17. The summed E-state index contributed by atoms with van der Waals surface area (Å²) in [5, 5.41) is 7.91. The zero-order valence-corrected chi connectivity index (χ0v) is 14.9. The highest BCUT2D eigenvalue weighted by Gasteiger charge is 2.09. The molecule has 0 unspecified atom stereocenters. The largest absolute Gasteiger partial charge is 0.465 e. The topological polar surface area (TPSA) is 84.2 Å². The van der Waals surface area contributed by atoms with Gasteiger partial charge in [-0.3, -0.25) is 14.9 Å². The van der Waals surface area contributed by atoms with Crippen LogP contribution in [0.1, 0.15) is 17.6 Å². The van der Waals surface area contributed by atoms with Crippen molar-refractivity contribution in [3.05, 3.63) is 52.6 Å². The third-order valence-corrected chi connectivity index (χ3v) is 4.97. The third-order valence-electron chi connectivity index (χ3n) is 3.10. The van der Waals surface area contributed by atoms with E-state index in [1.807, 2.05) is 17.5 Å². The van der Waals surface area contributed by atoms with Crippen molar-refractivity contribution in [1.29, 1.82) is 0 Å². The number of hydrogen-bond donors (Lipinski definition) is 2. The number of nitrogens with one attached hydrogen (secondary N) is 2. The van der Waals surface area contributed by atoms with Crippen LogP contribution in [-0.4, -0.2) is 16.8 Å². The van der Waals surface area contributed by atoms with Crippen LogP contribution in [0.2, 0.25) is 0 Å². The number of hydrogen-bond acceptors (Lipinski definition) is 6. The molecular weight excluding hydrogens is 358 g/mol. The molecular formula is C17H15N3O3S2. The van der Waals surface area contributed by atoms with Crippen LogP contribution >= 0.6 is 22.7 Å². The summed E-state index contributed by atoms with van der Waals surface area (Å²) in [6.45, 7) is 2.00. The second kappa shape index (κ2) is 7.91. The molecule has 2 amide bonds. The van der Waals surface area contributed by atoms with Crippen molar-refractivity contribution >= 4 is 45.7 Å². The predicted molar refractivity (Wildman–Crippen MR) is 99.3 cm³/mol. The summed E-state index contributed by atoms with van der Waals surface area (Å²) in [5.74, 6) is 0.284. The van der Waals surface area contributed by atoms with E-state index in [4.69, 9.17) is 4.42 Å². The minimum atomic E-state index is -0.269. The maximum absolute atomic E-state index is 11.9. The molecule has 0 aliphatic rings. The van der Waals surface area contributed by atoms with E-state index in [0.29, 0.717) is 17.4 Å². The van der Waals surface area contributed by atoms with Crippen molar-refractivity contribution in [2.24, 2.45) is 0 Å². The lowest BCUT2D eigenvalue weighted by molar-refractivity contribution is -0.119. The molecule has 8 heteroatoms. The molecule has 128 valence electrons. The Labute approximate surface area is 152 Å². The van der Waals surface area contributed by atoms with Gasteiger partial charge in [0.15, 0.2) is 5.13 Å². The lowest BCUT2D eigenvalue weighted by Gasteiger charge is -1.97. The molecule has 0 bridgehead atoms. The molecule has 3 rings (SSSR count). The molecule has 2 N–H and O–H groups in total. The number of thiazole rings is 1. The lowest BCUT2D eigenvalue weighted by atomic mass is 10.3.